The highest BCUT2D eigenvalue weighted by Crippen LogP contribution is 2.15. The number of hydrogen-bond donors (Lipinski definition) is 3. The van der Waals surface area contributed by atoms with Crippen LogP contribution >= 0.6 is 15.9 Å². The van der Waals surface area contributed by atoms with Gasteiger partial charge in [-0.25, -0.2) is 0 Å². The molecule has 0 saturated carbocycles. The fourth-order valence-corrected chi connectivity index (χ4v) is 1.91. The van der Waals surface area contributed by atoms with Crippen molar-refractivity contribution in [3.63, 3.8) is 0 Å². The van der Waals surface area contributed by atoms with Gasteiger partial charge in [-0.2, -0.15) is 0 Å². The van der Waals surface area contributed by atoms with Crippen molar-refractivity contribution in [1.29, 1.82) is 0 Å². The van der Waals surface area contributed by atoms with Crippen LogP contribution < -0.4 is 10.6 Å². The van der Waals surface area contributed by atoms with Gasteiger partial charge in [0.05, 0.1) is 6.54 Å². The molecule has 1 aromatic carbocycles. The van der Waals surface area contributed by atoms with E-state index in [-0.39, 0.29) is 12.5 Å². The van der Waals surface area contributed by atoms with Crippen LogP contribution in [0, 0.1) is 0 Å². The van der Waals surface area contributed by atoms with Crippen LogP contribution in [-0.2, 0) is 4.79 Å². The Morgan fingerprint density at radius 3 is 2.83 bits per heavy atom. The predicted octanol–water partition coefficient (Wildman–Crippen LogP) is 2.14. The molecule has 0 aromatic heterocycles. The number of aliphatic hydroxyl groups is 1. The van der Waals surface area contributed by atoms with E-state index in [0.29, 0.717) is 6.54 Å². The molecule has 0 bridgehead atoms. The molecule has 0 radical (unpaired) electrons. The maximum absolute atomic E-state index is 11.6. The van der Waals surface area contributed by atoms with Crippen molar-refractivity contribution >= 4 is 27.5 Å². The van der Waals surface area contributed by atoms with E-state index < -0.39 is 0 Å². The highest BCUT2D eigenvalue weighted by Gasteiger charge is 2.01. The minimum atomic E-state index is -0.0461. The van der Waals surface area contributed by atoms with Gasteiger partial charge >= 0.3 is 0 Å². The van der Waals surface area contributed by atoms with Crippen LogP contribution in [0.3, 0.4) is 0 Å². The Balaban J connectivity index is 2.14. The third-order valence-electron chi connectivity index (χ3n) is 2.41. The van der Waals surface area contributed by atoms with Gasteiger partial charge in [0.1, 0.15) is 0 Å². The van der Waals surface area contributed by atoms with Gasteiger partial charge in [-0.3, -0.25) is 4.79 Å². The summed E-state index contributed by atoms with van der Waals surface area (Å²) >= 11 is 3.35. The average Bonchev–Trinajstić information content (AvgIpc) is 2.33. The SMILES string of the molecule is O=C(CNCCCCCO)Nc1cccc(Br)c1. The Bertz CT molecular complexity index is 372. The van der Waals surface area contributed by atoms with E-state index in [1.54, 1.807) is 0 Å². The summed E-state index contributed by atoms with van der Waals surface area (Å²) in [4.78, 5) is 11.6. The van der Waals surface area contributed by atoms with Gasteiger partial charge in [0, 0.05) is 16.8 Å². The lowest BCUT2D eigenvalue weighted by molar-refractivity contribution is -0.115. The quantitative estimate of drug-likeness (QED) is 0.644. The summed E-state index contributed by atoms with van der Waals surface area (Å²) in [6.07, 6.45) is 2.79. The van der Waals surface area contributed by atoms with Crippen LogP contribution in [-0.4, -0.2) is 30.7 Å². The number of amides is 1. The number of unbranched alkanes of at least 4 members (excludes halogenated alkanes) is 2. The van der Waals surface area contributed by atoms with E-state index in [9.17, 15) is 4.79 Å². The first kappa shape index (κ1) is 15.1. The van der Waals surface area contributed by atoms with Crippen LogP contribution in [0.1, 0.15) is 19.3 Å². The minimum Gasteiger partial charge on any atom is -0.396 e. The molecule has 18 heavy (non-hydrogen) atoms. The third-order valence-corrected chi connectivity index (χ3v) is 2.90. The molecular weight excluding hydrogens is 296 g/mol. The average molecular weight is 315 g/mol. The topological polar surface area (TPSA) is 61.4 Å². The molecule has 1 rings (SSSR count). The number of halogens is 1. The molecule has 0 aliphatic heterocycles. The normalized spacial score (nSPS) is 10.3. The summed E-state index contributed by atoms with van der Waals surface area (Å²) in [6, 6.07) is 7.50. The van der Waals surface area contributed by atoms with Crippen LogP contribution in [0.4, 0.5) is 5.69 Å². The van der Waals surface area contributed by atoms with Crippen molar-refractivity contribution in [3.05, 3.63) is 28.7 Å². The molecule has 0 aliphatic carbocycles. The number of hydrogen-bond acceptors (Lipinski definition) is 3. The van der Waals surface area contributed by atoms with Crippen LogP contribution in [0.15, 0.2) is 28.7 Å². The fraction of sp³-hybridized carbons (Fsp3) is 0.462. The number of nitrogens with one attached hydrogen (secondary N) is 2. The summed E-state index contributed by atoms with van der Waals surface area (Å²) in [5.41, 5.74) is 0.788. The Morgan fingerprint density at radius 1 is 1.28 bits per heavy atom. The molecule has 4 nitrogen and oxygen atoms in total. The van der Waals surface area contributed by atoms with E-state index in [4.69, 9.17) is 5.11 Å². The van der Waals surface area contributed by atoms with Gasteiger partial charge in [0.15, 0.2) is 0 Å². The Hall–Kier alpha value is -0.910. The molecule has 100 valence electrons. The van der Waals surface area contributed by atoms with Gasteiger partial charge < -0.3 is 15.7 Å². The van der Waals surface area contributed by atoms with Crippen molar-refractivity contribution in [3.8, 4) is 0 Å². The van der Waals surface area contributed by atoms with Crippen LogP contribution in [0.2, 0.25) is 0 Å². The zero-order chi connectivity index (χ0) is 13.2. The van der Waals surface area contributed by atoms with Crippen LogP contribution in [0.5, 0.6) is 0 Å². The third kappa shape index (κ3) is 6.74. The minimum absolute atomic E-state index is 0.0461. The number of aliphatic hydroxyl groups excluding tert-OH is 1. The molecule has 0 atom stereocenters. The summed E-state index contributed by atoms with van der Waals surface area (Å²) in [5, 5.41) is 14.5. The first-order valence-electron chi connectivity index (χ1n) is 6.09. The summed E-state index contributed by atoms with van der Waals surface area (Å²) < 4.78 is 0.942. The molecule has 0 fully saturated rings. The molecule has 1 aromatic rings. The van der Waals surface area contributed by atoms with E-state index in [2.05, 4.69) is 26.6 Å². The number of carbonyl (C=O) groups excluding carboxylic acids is 1. The molecule has 5 heteroatoms. The Labute approximate surface area is 116 Å². The molecule has 0 unspecified atom stereocenters. The maximum atomic E-state index is 11.6. The Kier molecular flexibility index (Phi) is 7.64. The monoisotopic (exact) mass is 314 g/mol. The lowest BCUT2D eigenvalue weighted by atomic mass is 10.2. The van der Waals surface area contributed by atoms with Crippen molar-refractivity contribution in [2.45, 2.75) is 19.3 Å². The van der Waals surface area contributed by atoms with Gasteiger partial charge in [0.25, 0.3) is 0 Å². The van der Waals surface area contributed by atoms with E-state index >= 15 is 0 Å². The van der Waals surface area contributed by atoms with Gasteiger partial charge in [0.2, 0.25) is 5.91 Å². The van der Waals surface area contributed by atoms with E-state index in [0.717, 1.165) is 36.0 Å². The first-order chi connectivity index (χ1) is 8.72. The smallest absolute Gasteiger partial charge is 0.238 e. The molecule has 0 spiro atoms. The first-order valence-corrected chi connectivity index (χ1v) is 6.88. The van der Waals surface area contributed by atoms with Gasteiger partial charge in [-0.15, -0.1) is 0 Å². The number of anilines is 1. The zero-order valence-electron chi connectivity index (χ0n) is 10.3. The molecular formula is C13H19BrN2O2. The van der Waals surface area contributed by atoms with Gasteiger partial charge in [-0.1, -0.05) is 22.0 Å². The molecule has 3 N–H and O–H groups in total. The van der Waals surface area contributed by atoms with Crippen molar-refractivity contribution in [1.82, 2.24) is 5.32 Å². The number of rotatable bonds is 8. The zero-order valence-corrected chi connectivity index (χ0v) is 11.9. The maximum Gasteiger partial charge on any atom is 0.238 e. The molecule has 1 amide bonds. The van der Waals surface area contributed by atoms with Crippen molar-refractivity contribution in [2.24, 2.45) is 0 Å². The summed E-state index contributed by atoms with van der Waals surface area (Å²) in [6.45, 7) is 1.35. The van der Waals surface area contributed by atoms with Crippen LogP contribution in [0.25, 0.3) is 0 Å². The highest BCUT2D eigenvalue weighted by atomic mass is 79.9. The van der Waals surface area contributed by atoms with Crippen molar-refractivity contribution in [2.75, 3.05) is 25.0 Å². The van der Waals surface area contributed by atoms with E-state index in [1.807, 2.05) is 24.3 Å². The summed E-state index contributed by atoms with van der Waals surface area (Å²) in [7, 11) is 0. The molecule has 0 saturated heterocycles. The van der Waals surface area contributed by atoms with E-state index in [1.165, 1.54) is 0 Å². The lowest BCUT2D eigenvalue weighted by Gasteiger charge is -2.06. The number of benzene rings is 1. The predicted molar refractivity (Wildman–Crippen MR) is 76.6 cm³/mol. The standard InChI is InChI=1S/C13H19BrN2O2/c14-11-5-4-6-12(9-11)16-13(18)10-15-7-2-1-3-8-17/h4-6,9,15,17H,1-3,7-8,10H2,(H,16,18). The second-order valence-electron chi connectivity index (χ2n) is 4.02. The fourth-order valence-electron chi connectivity index (χ4n) is 1.51. The Morgan fingerprint density at radius 2 is 2.11 bits per heavy atom. The molecule has 0 heterocycles. The second kappa shape index (κ2) is 9.08. The van der Waals surface area contributed by atoms with Gasteiger partial charge in [-0.05, 0) is 44.0 Å². The summed E-state index contributed by atoms with van der Waals surface area (Å²) in [5.74, 6) is -0.0461. The highest BCUT2D eigenvalue weighted by molar-refractivity contribution is 9.10. The molecule has 0 aliphatic rings. The second-order valence-corrected chi connectivity index (χ2v) is 4.94. The lowest BCUT2D eigenvalue weighted by Crippen LogP contribution is -2.28. The largest absolute Gasteiger partial charge is 0.396 e. The van der Waals surface area contributed by atoms with Crippen molar-refractivity contribution < 1.29 is 9.90 Å². The number of carbonyl (C=O) groups is 1.